The second-order valence-electron chi connectivity index (χ2n) is 9.73. The van der Waals surface area contributed by atoms with Gasteiger partial charge in [-0.05, 0) is 57.7 Å². The fourth-order valence-electron chi connectivity index (χ4n) is 4.82. The van der Waals surface area contributed by atoms with Crippen LogP contribution in [0.1, 0.15) is 53.4 Å². The molecule has 0 aromatic heterocycles. The summed E-state index contributed by atoms with van der Waals surface area (Å²) in [5.41, 5.74) is 0. The smallest absolute Gasteiger partial charge is 0.433 e. The van der Waals surface area contributed by atoms with Crippen LogP contribution in [-0.4, -0.2) is 93.8 Å². The SMILES string of the molecule is CC(C)C[C@H]1ON(C(=O)O)C2CN(C3CCN(C)CC3)C(=O)[C@H](CC(C)C)N2C1=O. The van der Waals surface area contributed by atoms with Crippen LogP contribution in [0.15, 0.2) is 0 Å². The van der Waals surface area contributed by atoms with Crippen molar-refractivity contribution in [2.75, 3.05) is 26.7 Å². The number of amides is 3. The molecular weight excluding hydrogens is 388 g/mol. The molecule has 0 radical (unpaired) electrons. The van der Waals surface area contributed by atoms with E-state index in [9.17, 15) is 19.5 Å². The van der Waals surface area contributed by atoms with Gasteiger partial charge in [-0.1, -0.05) is 27.7 Å². The Kier molecular flexibility index (Phi) is 6.91. The molecule has 0 spiro atoms. The van der Waals surface area contributed by atoms with Crippen LogP contribution in [0.25, 0.3) is 0 Å². The van der Waals surface area contributed by atoms with E-state index in [1.807, 2.05) is 32.6 Å². The summed E-state index contributed by atoms with van der Waals surface area (Å²) >= 11 is 0. The lowest BCUT2D eigenvalue weighted by molar-refractivity contribution is -0.268. The predicted octanol–water partition coefficient (Wildman–Crippen LogP) is 1.83. The number of nitrogens with zero attached hydrogens (tertiary/aromatic N) is 4. The Balaban J connectivity index is 1.94. The molecule has 30 heavy (non-hydrogen) atoms. The van der Waals surface area contributed by atoms with Crippen molar-refractivity contribution in [1.29, 1.82) is 0 Å². The normalized spacial score (nSPS) is 29.2. The Bertz CT molecular complexity index is 662. The van der Waals surface area contributed by atoms with Gasteiger partial charge < -0.3 is 19.8 Å². The molecule has 3 rings (SSSR count). The molecule has 0 aromatic carbocycles. The number of hydroxylamine groups is 2. The van der Waals surface area contributed by atoms with E-state index in [1.165, 1.54) is 4.90 Å². The minimum atomic E-state index is -1.23. The molecule has 3 heterocycles. The first kappa shape index (κ1) is 22.8. The van der Waals surface area contributed by atoms with Crippen LogP contribution >= 0.6 is 0 Å². The van der Waals surface area contributed by atoms with E-state index in [0.29, 0.717) is 12.8 Å². The van der Waals surface area contributed by atoms with Gasteiger partial charge in [-0.25, -0.2) is 4.79 Å². The molecule has 9 nitrogen and oxygen atoms in total. The minimum absolute atomic E-state index is 0.0570. The standard InChI is InChI=1S/C21H36N4O5/c1-13(2)10-16-19(26)23(15-6-8-22(5)9-7-15)12-18-24(16)20(27)17(11-14(3)4)30-25(18)21(28)29/h13-18H,6-12H2,1-5H3,(H,28,29)/t16-,17+,18?/m0/s1. The van der Waals surface area contributed by atoms with Gasteiger partial charge in [-0.2, -0.15) is 5.06 Å². The molecule has 3 saturated heterocycles. The number of carbonyl (C=O) groups excluding carboxylic acids is 2. The Morgan fingerprint density at radius 3 is 2.20 bits per heavy atom. The number of hydrogen-bond donors (Lipinski definition) is 1. The highest BCUT2D eigenvalue weighted by atomic mass is 16.7. The number of hydrogen-bond acceptors (Lipinski definition) is 5. The van der Waals surface area contributed by atoms with Crippen molar-refractivity contribution in [2.45, 2.75) is 77.7 Å². The number of piperazine rings is 1. The van der Waals surface area contributed by atoms with Gasteiger partial charge in [-0.15, -0.1) is 0 Å². The molecule has 170 valence electrons. The fourth-order valence-corrected chi connectivity index (χ4v) is 4.82. The van der Waals surface area contributed by atoms with Gasteiger partial charge in [0.05, 0.1) is 6.54 Å². The first-order valence-corrected chi connectivity index (χ1v) is 11.1. The number of piperidine rings is 1. The zero-order chi connectivity index (χ0) is 22.2. The van der Waals surface area contributed by atoms with Crippen LogP contribution in [0.3, 0.4) is 0 Å². The molecule has 0 saturated carbocycles. The topological polar surface area (TPSA) is 93.6 Å². The van der Waals surface area contributed by atoms with Crippen LogP contribution in [0.4, 0.5) is 4.79 Å². The molecular formula is C21H36N4O5. The summed E-state index contributed by atoms with van der Waals surface area (Å²) in [4.78, 5) is 50.2. The van der Waals surface area contributed by atoms with E-state index in [4.69, 9.17) is 4.84 Å². The molecule has 3 aliphatic heterocycles. The maximum atomic E-state index is 13.6. The first-order valence-electron chi connectivity index (χ1n) is 11.1. The highest BCUT2D eigenvalue weighted by Crippen LogP contribution is 2.33. The lowest BCUT2D eigenvalue weighted by Gasteiger charge is -2.54. The van der Waals surface area contributed by atoms with Crippen LogP contribution in [0.2, 0.25) is 0 Å². The predicted molar refractivity (Wildman–Crippen MR) is 110 cm³/mol. The summed E-state index contributed by atoms with van der Waals surface area (Å²) in [5, 5.41) is 10.7. The molecule has 3 aliphatic rings. The molecule has 0 aliphatic carbocycles. The highest BCUT2D eigenvalue weighted by molar-refractivity contribution is 5.92. The zero-order valence-electron chi connectivity index (χ0n) is 18.8. The van der Waals surface area contributed by atoms with Crippen molar-refractivity contribution in [3.05, 3.63) is 0 Å². The summed E-state index contributed by atoms with van der Waals surface area (Å²) in [7, 11) is 2.06. The molecule has 3 atom stereocenters. The van der Waals surface area contributed by atoms with Gasteiger partial charge in [0.25, 0.3) is 5.91 Å². The number of carbonyl (C=O) groups is 3. The van der Waals surface area contributed by atoms with E-state index >= 15 is 0 Å². The van der Waals surface area contributed by atoms with Crippen molar-refractivity contribution in [3.63, 3.8) is 0 Å². The monoisotopic (exact) mass is 424 g/mol. The summed E-state index contributed by atoms with van der Waals surface area (Å²) in [6.07, 6.45) is -0.303. The zero-order valence-corrected chi connectivity index (χ0v) is 18.8. The average molecular weight is 425 g/mol. The molecule has 0 bridgehead atoms. The van der Waals surface area contributed by atoms with Crippen LogP contribution in [0, 0.1) is 11.8 Å². The van der Waals surface area contributed by atoms with E-state index in [1.54, 1.807) is 0 Å². The first-order chi connectivity index (χ1) is 14.1. The number of carboxylic acid groups (broad SMARTS) is 1. The fraction of sp³-hybridized carbons (Fsp3) is 0.857. The maximum Gasteiger partial charge on any atom is 0.433 e. The average Bonchev–Trinajstić information content (AvgIpc) is 2.65. The van der Waals surface area contributed by atoms with Crippen molar-refractivity contribution >= 4 is 17.9 Å². The summed E-state index contributed by atoms with van der Waals surface area (Å²) in [6, 6.07) is -0.596. The highest BCUT2D eigenvalue weighted by Gasteiger charge is 2.54. The Hall–Kier alpha value is -1.87. The molecule has 9 heteroatoms. The van der Waals surface area contributed by atoms with Crippen LogP contribution < -0.4 is 0 Å². The third-order valence-corrected chi connectivity index (χ3v) is 6.32. The maximum absolute atomic E-state index is 13.6. The Morgan fingerprint density at radius 1 is 1.07 bits per heavy atom. The molecule has 3 amide bonds. The lowest BCUT2D eigenvalue weighted by Crippen LogP contribution is -2.74. The van der Waals surface area contributed by atoms with Crippen molar-refractivity contribution < 1.29 is 24.3 Å². The summed E-state index contributed by atoms with van der Waals surface area (Å²) in [6.45, 7) is 9.91. The third-order valence-electron chi connectivity index (χ3n) is 6.32. The van der Waals surface area contributed by atoms with Crippen molar-refractivity contribution in [2.24, 2.45) is 11.8 Å². The number of likely N-dealkylation sites (tertiary alicyclic amines) is 1. The van der Waals surface area contributed by atoms with Gasteiger partial charge in [0.15, 0.2) is 12.3 Å². The lowest BCUT2D eigenvalue weighted by atomic mass is 9.93. The quantitative estimate of drug-likeness (QED) is 0.724. The Labute approximate surface area is 178 Å². The van der Waals surface area contributed by atoms with Gasteiger partial charge in [0.1, 0.15) is 6.04 Å². The number of rotatable bonds is 5. The molecule has 0 aromatic rings. The van der Waals surface area contributed by atoms with E-state index < -0.39 is 24.4 Å². The van der Waals surface area contributed by atoms with Gasteiger partial charge in [0.2, 0.25) is 5.91 Å². The summed E-state index contributed by atoms with van der Waals surface area (Å²) < 4.78 is 0. The van der Waals surface area contributed by atoms with E-state index in [-0.39, 0.29) is 36.2 Å². The van der Waals surface area contributed by atoms with Crippen LogP contribution in [-0.2, 0) is 14.4 Å². The summed E-state index contributed by atoms with van der Waals surface area (Å²) in [5.74, 6) is 0.0204. The van der Waals surface area contributed by atoms with Gasteiger partial charge in [-0.3, -0.25) is 14.4 Å². The van der Waals surface area contributed by atoms with Crippen LogP contribution in [0.5, 0.6) is 0 Å². The number of fused-ring (bicyclic) bond motifs is 1. The second-order valence-corrected chi connectivity index (χ2v) is 9.73. The second kappa shape index (κ2) is 9.09. The largest absolute Gasteiger partial charge is 0.463 e. The van der Waals surface area contributed by atoms with Gasteiger partial charge in [0, 0.05) is 6.04 Å². The Morgan fingerprint density at radius 2 is 1.67 bits per heavy atom. The van der Waals surface area contributed by atoms with Crippen molar-refractivity contribution in [1.82, 2.24) is 19.8 Å². The third kappa shape index (κ3) is 4.56. The van der Waals surface area contributed by atoms with E-state index in [2.05, 4.69) is 11.9 Å². The molecule has 3 fully saturated rings. The molecule has 1 N–H and O–H groups in total. The van der Waals surface area contributed by atoms with Crippen molar-refractivity contribution in [3.8, 4) is 0 Å². The van der Waals surface area contributed by atoms with E-state index in [0.717, 1.165) is 31.0 Å². The molecule has 1 unspecified atom stereocenters. The minimum Gasteiger partial charge on any atom is -0.463 e. The van der Waals surface area contributed by atoms with Gasteiger partial charge >= 0.3 is 6.09 Å².